The van der Waals surface area contributed by atoms with Crippen molar-refractivity contribution in [2.75, 3.05) is 13.2 Å². The number of carbonyl (C=O) groups is 1. The maximum Gasteiger partial charge on any atom is 0.222 e. The van der Waals surface area contributed by atoms with E-state index in [4.69, 9.17) is 0 Å². The lowest BCUT2D eigenvalue weighted by Crippen LogP contribution is -2.39. The standard InChI is InChI=1S/C12H23NO2/c1-9(2)4-5-12(15)13-7-6-10(3)11(13)8-14/h9-11,14H,4-8H2,1-3H3. The van der Waals surface area contributed by atoms with Crippen molar-refractivity contribution in [2.45, 2.75) is 46.1 Å². The zero-order chi connectivity index (χ0) is 11.4. The van der Waals surface area contributed by atoms with Crippen LogP contribution < -0.4 is 0 Å². The molecule has 88 valence electrons. The molecule has 0 aromatic rings. The molecule has 3 nitrogen and oxygen atoms in total. The van der Waals surface area contributed by atoms with Crippen molar-refractivity contribution in [3.8, 4) is 0 Å². The van der Waals surface area contributed by atoms with Crippen molar-refractivity contribution in [3.05, 3.63) is 0 Å². The van der Waals surface area contributed by atoms with Crippen molar-refractivity contribution >= 4 is 5.91 Å². The van der Waals surface area contributed by atoms with Crippen LogP contribution in [-0.2, 0) is 4.79 Å². The highest BCUT2D eigenvalue weighted by Gasteiger charge is 2.33. The number of hydrogen-bond acceptors (Lipinski definition) is 2. The second-order valence-corrected chi connectivity index (χ2v) is 5.04. The van der Waals surface area contributed by atoms with Crippen LogP contribution in [0.15, 0.2) is 0 Å². The molecule has 0 aromatic carbocycles. The van der Waals surface area contributed by atoms with Crippen LogP contribution in [0.5, 0.6) is 0 Å². The van der Waals surface area contributed by atoms with Gasteiger partial charge in [-0.3, -0.25) is 4.79 Å². The van der Waals surface area contributed by atoms with Crippen molar-refractivity contribution < 1.29 is 9.90 Å². The number of aliphatic hydroxyl groups excluding tert-OH is 1. The van der Waals surface area contributed by atoms with Crippen molar-refractivity contribution in [3.63, 3.8) is 0 Å². The summed E-state index contributed by atoms with van der Waals surface area (Å²) in [6, 6.07) is 0.0599. The molecule has 0 aromatic heterocycles. The quantitative estimate of drug-likeness (QED) is 0.771. The van der Waals surface area contributed by atoms with E-state index in [2.05, 4.69) is 20.8 Å². The molecule has 0 radical (unpaired) electrons. The normalized spacial score (nSPS) is 26.3. The Morgan fingerprint density at radius 1 is 1.53 bits per heavy atom. The molecule has 1 aliphatic heterocycles. The summed E-state index contributed by atoms with van der Waals surface area (Å²) in [6.07, 6.45) is 2.60. The number of amides is 1. The fourth-order valence-electron chi connectivity index (χ4n) is 2.15. The van der Waals surface area contributed by atoms with E-state index in [1.165, 1.54) is 0 Å². The number of nitrogens with zero attached hydrogens (tertiary/aromatic N) is 1. The topological polar surface area (TPSA) is 40.5 Å². The third-order valence-corrected chi connectivity index (χ3v) is 3.33. The minimum absolute atomic E-state index is 0.0599. The van der Waals surface area contributed by atoms with Gasteiger partial charge in [-0.25, -0.2) is 0 Å². The summed E-state index contributed by atoms with van der Waals surface area (Å²) in [5, 5.41) is 9.24. The van der Waals surface area contributed by atoms with Crippen LogP contribution in [0, 0.1) is 11.8 Å². The third-order valence-electron chi connectivity index (χ3n) is 3.33. The van der Waals surface area contributed by atoms with Gasteiger partial charge in [0, 0.05) is 13.0 Å². The minimum Gasteiger partial charge on any atom is -0.394 e. The predicted molar refractivity (Wildman–Crippen MR) is 60.4 cm³/mol. The molecule has 1 amide bonds. The highest BCUT2D eigenvalue weighted by Crippen LogP contribution is 2.24. The first kappa shape index (κ1) is 12.5. The molecular formula is C12H23NO2. The molecule has 1 heterocycles. The Bertz CT molecular complexity index is 216. The van der Waals surface area contributed by atoms with Crippen LogP contribution in [0.4, 0.5) is 0 Å². The van der Waals surface area contributed by atoms with Gasteiger partial charge >= 0.3 is 0 Å². The molecule has 1 N–H and O–H groups in total. The largest absolute Gasteiger partial charge is 0.394 e. The molecule has 0 saturated carbocycles. The van der Waals surface area contributed by atoms with Gasteiger partial charge in [-0.05, 0) is 24.7 Å². The maximum absolute atomic E-state index is 11.9. The van der Waals surface area contributed by atoms with Crippen LogP contribution >= 0.6 is 0 Å². The number of rotatable bonds is 4. The van der Waals surface area contributed by atoms with Crippen molar-refractivity contribution in [1.29, 1.82) is 0 Å². The fourth-order valence-corrected chi connectivity index (χ4v) is 2.15. The zero-order valence-corrected chi connectivity index (χ0v) is 10.1. The summed E-state index contributed by atoms with van der Waals surface area (Å²) in [7, 11) is 0. The Hall–Kier alpha value is -0.570. The van der Waals surface area contributed by atoms with Crippen LogP contribution in [0.25, 0.3) is 0 Å². The fraction of sp³-hybridized carbons (Fsp3) is 0.917. The molecule has 0 aliphatic carbocycles. The summed E-state index contributed by atoms with van der Waals surface area (Å²) in [6.45, 7) is 7.29. The second-order valence-electron chi connectivity index (χ2n) is 5.04. The van der Waals surface area contributed by atoms with E-state index >= 15 is 0 Å². The Morgan fingerprint density at radius 3 is 2.73 bits per heavy atom. The Balaban J connectivity index is 2.45. The summed E-state index contributed by atoms with van der Waals surface area (Å²) >= 11 is 0. The van der Waals surface area contributed by atoms with Gasteiger partial charge in [-0.1, -0.05) is 20.8 Å². The zero-order valence-electron chi connectivity index (χ0n) is 10.1. The summed E-state index contributed by atoms with van der Waals surface area (Å²) < 4.78 is 0. The molecule has 1 aliphatic rings. The van der Waals surface area contributed by atoms with Gasteiger partial charge in [0.25, 0.3) is 0 Å². The highest BCUT2D eigenvalue weighted by molar-refractivity contribution is 5.76. The van der Waals surface area contributed by atoms with E-state index in [1.54, 1.807) is 0 Å². The summed E-state index contributed by atoms with van der Waals surface area (Å²) in [5.74, 6) is 1.23. The molecule has 2 unspecified atom stereocenters. The predicted octanol–water partition coefficient (Wildman–Crippen LogP) is 1.65. The van der Waals surface area contributed by atoms with Crippen molar-refractivity contribution in [2.24, 2.45) is 11.8 Å². The third kappa shape index (κ3) is 3.20. The van der Waals surface area contributed by atoms with Gasteiger partial charge in [0.15, 0.2) is 0 Å². The van der Waals surface area contributed by atoms with Gasteiger partial charge < -0.3 is 10.0 Å². The molecular weight excluding hydrogens is 190 g/mol. The molecule has 1 fully saturated rings. The lowest BCUT2D eigenvalue weighted by molar-refractivity contribution is -0.133. The van der Waals surface area contributed by atoms with Gasteiger partial charge in [0.2, 0.25) is 5.91 Å². The van der Waals surface area contributed by atoms with Crippen LogP contribution in [-0.4, -0.2) is 35.1 Å². The monoisotopic (exact) mass is 213 g/mol. The van der Waals surface area contributed by atoms with Crippen LogP contribution in [0.3, 0.4) is 0 Å². The van der Waals surface area contributed by atoms with Crippen LogP contribution in [0.1, 0.15) is 40.0 Å². The van der Waals surface area contributed by atoms with E-state index in [-0.39, 0.29) is 18.6 Å². The lowest BCUT2D eigenvalue weighted by Gasteiger charge is -2.25. The van der Waals surface area contributed by atoms with E-state index in [0.29, 0.717) is 18.3 Å². The molecule has 0 spiro atoms. The molecule has 1 rings (SSSR count). The van der Waals surface area contributed by atoms with Crippen LogP contribution in [0.2, 0.25) is 0 Å². The second kappa shape index (κ2) is 5.50. The van der Waals surface area contributed by atoms with E-state index < -0.39 is 0 Å². The number of likely N-dealkylation sites (tertiary alicyclic amines) is 1. The molecule has 3 heteroatoms. The number of hydrogen-bond donors (Lipinski definition) is 1. The number of aliphatic hydroxyl groups is 1. The molecule has 0 bridgehead atoms. The van der Waals surface area contributed by atoms with E-state index in [1.807, 2.05) is 4.90 Å². The molecule has 1 saturated heterocycles. The SMILES string of the molecule is CC(C)CCC(=O)N1CCC(C)C1CO. The highest BCUT2D eigenvalue weighted by atomic mass is 16.3. The first-order valence-electron chi connectivity index (χ1n) is 5.96. The number of carbonyl (C=O) groups excluding carboxylic acids is 1. The maximum atomic E-state index is 11.9. The minimum atomic E-state index is 0.0599. The Morgan fingerprint density at radius 2 is 2.20 bits per heavy atom. The summed E-state index contributed by atoms with van der Waals surface area (Å²) in [5.41, 5.74) is 0. The van der Waals surface area contributed by atoms with Gasteiger partial charge in [0.05, 0.1) is 12.6 Å². The molecule has 15 heavy (non-hydrogen) atoms. The molecule has 2 atom stereocenters. The lowest BCUT2D eigenvalue weighted by atomic mass is 10.0. The summed E-state index contributed by atoms with van der Waals surface area (Å²) in [4.78, 5) is 13.7. The Labute approximate surface area is 92.5 Å². The van der Waals surface area contributed by atoms with E-state index in [0.717, 1.165) is 19.4 Å². The average Bonchev–Trinajstić information content (AvgIpc) is 2.55. The Kier molecular flexibility index (Phi) is 4.58. The average molecular weight is 213 g/mol. The van der Waals surface area contributed by atoms with Gasteiger partial charge in [0.1, 0.15) is 0 Å². The first-order chi connectivity index (χ1) is 7.06. The first-order valence-corrected chi connectivity index (χ1v) is 5.96. The van der Waals surface area contributed by atoms with Gasteiger partial charge in [-0.2, -0.15) is 0 Å². The van der Waals surface area contributed by atoms with E-state index in [9.17, 15) is 9.90 Å². The van der Waals surface area contributed by atoms with Gasteiger partial charge in [-0.15, -0.1) is 0 Å². The smallest absolute Gasteiger partial charge is 0.222 e. The van der Waals surface area contributed by atoms with Crippen molar-refractivity contribution in [1.82, 2.24) is 4.90 Å².